The van der Waals surface area contributed by atoms with Gasteiger partial charge in [-0.3, -0.25) is 4.79 Å². The third kappa shape index (κ3) is 5.86. The van der Waals surface area contributed by atoms with Crippen molar-refractivity contribution < 1.29 is 27.4 Å². The van der Waals surface area contributed by atoms with Crippen LogP contribution in [0, 0.1) is 17.2 Å². The molecule has 0 unspecified atom stereocenters. The molecule has 36 heavy (non-hydrogen) atoms. The highest BCUT2D eigenvalue weighted by molar-refractivity contribution is 5.94. The molecule has 10 heteroatoms. The van der Waals surface area contributed by atoms with Crippen molar-refractivity contribution in [1.82, 2.24) is 4.98 Å². The van der Waals surface area contributed by atoms with Gasteiger partial charge in [0.25, 0.3) is 0 Å². The van der Waals surface area contributed by atoms with E-state index in [1.54, 1.807) is 36.4 Å². The summed E-state index contributed by atoms with van der Waals surface area (Å²) in [5.41, 5.74) is -0.493. The van der Waals surface area contributed by atoms with Crippen LogP contribution in [0.1, 0.15) is 24.0 Å². The lowest BCUT2D eigenvalue weighted by atomic mass is 9.95. The number of benzene rings is 2. The van der Waals surface area contributed by atoms with Gasteiger partial charge < -0.3 is 19.7 Å². The number of piperidine rings is 1. The second-order valence-corrected chi connectivity index (χ2v) is 8.26. The molecule has 1 amide bonds. The summed E-state index contributed by atoms with van der Waals surface area (Å²) in [5, 5.41) is 11.6. The number of carbonyl (C=O) groups excluding carboxylic acids is 1. The largest absolute Gasteiger partial charge is 0.497 e. The summed E-state index contributed by atoms with van der Waals surface area (Å²) in [7, 11) is 1.49. The Morgan fingerprint density at radius 1 is 1.11 bits per heavy atom. The molecule has 2 aromatic carbocycles. The molecular formula is C26H23F3N4O3. The van der Waals surface area contributed by atoms with Gasteiger partial charge in [0.15, 0.2) is 5.75 Å². The molecular weight excluding hydrogens is 473 g/mol. The van der Waals surface area contributed by atoms with Crippen LogP contribution < -0.4 is 19.7 Å². The number of carbonyl (C=O) groups is 1. The number of ether oxygens (including phenoxy) is 2. The number of methoxy groups -OCH3 is 1. The molecule has 0 aliphatic carbocycles. The lowest BCUT2D eigenvalue weighted by Crippen LogP contribution is -2.38. The zero-order valence-electron chi connectivity index (χ0n) is 19.4. The lowest BCUT2D eigenvalue weighted by molar-refractivity contribution is -0.137. The molecule has 0 atom stereocenters. The quantitative estimate of drug-likeness (QED) is 0.476. The standard InChI is InChI=1S/C26H23F3N4O3/c1-35-20-3-2-4-21(14-20)36-23-7-6-19(26(27,28)29)13-22(23)32-25(34)18-9-11-33(12-10-18)24-8-5-17(15-30)16-31-24/h2-8,13-14,16,18H,9-12H2,1H3,(H,32,34). The maximum absolute atomic E-state index is 13.4. The van der Waals surface area contributed by atoms with E-state index >= 15 is 0 Å². The fraction of sp³-hybridized carbons (Fsp3) is 0.269. The van der Waals surface area contributed by atoms with Gasteiger partial charge in [0, 0.05) is 31.3 Å². The Morgan fingerprint density at radius 3 is 2.50 bits per heavy atom. The summed E-state index contributed by atoms with van der Waals surface area (Å²) >= 11 is 0. The zero-order chi connectivity index (χ0) is 25.7. The maximum atomic E-state index is 13.4. The average Bonchev–Trinajstić information content (AvgIpc) is 2.89. The molecule has 1 fully saturated rings. The highest BCUT2D eigenvalue weighted by Crippen LogP contribution is 2.38. The predicted octanol–water partition coefficient (Wildman–Crippen LogP) is 5.63. The van der Waals surface area contributed by atoms with Crippen LogP contribution in [0.2, 0.25) is 0 Å². The molecule has 1 aliphatic rings. The average molecular weight is 496 g/mol. The van der Waals surface area contributed by atoms with Gasteiger partial charge >= 0.3 is 6.18 Å². The van der Waals surface area contributed by atoms with Gasteiger partial charge in [-0.1, -0.05) is 6.07 Å². The first-order valence-electron chi connectivity index (χ1n) is 11.2. The van der Waals surface area contributed by atoms with Gasteiger partial charge in [-0.05, 0) is 55.3 Å². The van der Waals surface area contributed by atoms with Crippen LogP contribution in [0.25, 0.3) is 0 Å². The molecule has 1 aromatic heterocycles. The van der Waals surface area contributed by atoms with Crippen LogP contribution in [0.4, 0.5) is 24.7 Å². The third-order valence-electron chi connectivity index (χ3n) is 5.90. The van der Waals surface area contributed by atoms with Crippen LogP contribution >= 0.6 is 0 Å². The number of nitrogens with one attached hydrogen (secondary N) is 1. The number of nitriles is 1. The van der Waals surface area contributed by atoms with Crippen molar-refractivity contribution in [3.8, 4) is 23.3 Å². The van der Waals surface area contributed by atoms with Gasteiger partial charge in [-0.2, -0.15) is 18.4 Å². The smallest absolute Gasteiger partial charge is 0.416 e. The Kier molecular flexibility index (Phi) is 7.29. The molecule has 7 nitrogen and oxygen atoms in total. The second-order valence-electron chi connectivity index (χ2n) is 8.26. The maximum Gasteiger partial charge on any atom is 0.416 e. The van der Waals surface area contributed by atoms with Crippen molar-refractivity contribution in [3.63, 3.8) is 0 Å². The number of rotatable bonds is 6. The summed E-state index contributed by atoms with van der Waals surface area (Å²) in [5.74, 6) is 0.904. The molecule has 4 rings (SSSR count). The van der Waals surface area contributed by atoms with E-state index in [9.17, 15) is 18.0 Å². The lowest BCUT2D eigenvalue weighted by Gasteiger charge is -2.32. The minimum absolute atomic E-state index is 0.0613. The number of pyridine rings is 1. The second kappa shape index (κ2) is 10.6. The fourth-order valence-corrected chi connectivity index (χ4v) is 3.93. The number of hydrogen-bond acceptors (Lipinski definition) is 6. The minimum Gasteiger partial charge on any atom is -0.497 e. The molecule has 3 aromatic rings. The van der Waals surface area contributed by atoms with Crippen molar-refractivity contribution in [2.75, 3.05) is 30.4 Å². The number of alkyl halides is 3. The summed E-state index contributed by atoms with van der Waals surface area (Å²) < 4.78 is 51.1. The van der Waals surface area contributed by atoms with Crippen LogP contribution in [0.5, 0.6) is 17.2 Å². The Labute approximate surface area is 206 Å². The van der Waals surface area contributed by atoms with Crippen molar-refractivity contribution >= 4 is 17.4 Å². The number of hydrogen-bond donors (Lipinski definition) is 1. The van der Waals surface area contributed by atoms with Crippen molar-refractivity contribution in [2.24, 2.45) is 5.92 Å². The fourth-order valence-electron chi connectivity index (χ4n) is 3.93. The van der Waals surface area contributed by atoms with Gasteiger partial charge in [0.2, 0.25) is 5.91 Å². The molecule has 1 aliphatic heterocycles. The van der Waals surface area contributed by atoms with Crippen molar-refractivity contribution in [2.45, 2.75) is 19.0 Å². The van der Waals surface area contributed by atoms with E-state index in [1.807, 2.05) is 11.0 Å². The Balaban J connectivity index is 1.48. The number of nitrogens with zero attached hydrogens (tertiary/aromatic N) is 3. The molecule has 0 radical (unpaired) electrons. The summed E-state index contributed by atoms with van der Waals surface area (Å²) in [6, 6.07) is 15.1. The van der Waals surface area contributed by atoms with Crippen molar-refractivity contribution in [3.05, 3.63) is 71.9 Å². The van der Waals surface area contributed by atoms with E-state index < -0.39 is 11.7 Å². The summed E-state index contributed by atoms with van der Waals surface area (Å²) in [4.78, 5) is 19.3. The van der Waals surface area contributed by atoms with Crippen LogP contribution in [-0.2, 0) is 11.0 Å². The monoisotopic (exact) mass is 496 g/mol. The number of amides is 1. The van der Waals surface area contributed by atoms with Crippen molar-refractivity contribution in [1.29, 1.82) is 5.26 Å². The molecule has 0 bridgehead atoms. The number of anilines is 2. The zero-order valence-corrected chi connectivity index (χ0v) is 19.4. The third-order valence-corrected chi connectivity index (χ3v) is 5.90. The highest BCUT2D eigenvalue weighted by atomic mass is 19.4. The summed E-state index contributed by atoms with van der Waals surface area (Å²) in [6.07, 6.45) is -2.09. The van der Waals surface area contributed by atoms with E-state index in [-0.39, 0.29) is 23.3 Å². The molecule has 1 saturated heterocycles. The molecule has 2 heterocycles. The normalized spacial score (nSPS) is 14.1. The minimum atomic E-state index is -4.58. The number of halogens is 3. The van der Waals surface area contributed by atoms with Crippen LogP contribution in [-0.4, -0.2) is 31.1 Å². The Hall–Kier alpha value is -4.26. The predicted molar refractivity (Wildman–Crippen MR) is 127 cm³/mol. The first-order valence-corrected chi connectivity index (χ1v) is 11.2. The van der Waals surface area contributed by atoms with E-state index in [1.165, 1.54) is 19.4 Å². The first kappa shape index (κ1) is 24.9. The topological polar surface area (TPSA) is 87.5 Å². The van der Waals surface area contributed by atoms with Gasteiger partial charge in [-0.15, -0.1) is 0 Å². The molecule has 0 spiro atoms. The Bertz CT molecular complexity index is 1260. The van der Waals surface area contributed by atoms with E-state index in [4.69, 9.17) is 14.7 Å². The van der Waals surface area contributed by atoms with Gasteiger partial charge in [0.1, 0.15) is 23.4 Å². The van der Waals surface area contributed by atoms with E-state index in [2.05, 4.69) is 10.3 Å². The summed E-state index contributed by atoms with van der Waals surface area (Å²) in [6.45, 7) is 1.10. The van der Waals surface area contributed by atoms with Gasteiger partial charge in [-0.25, -0.2) is 4.98 Å². The van der Waals surface area contributed by atoms with E-state index in [0.29, 0.717) is 48.8 Å². The SMILES string of the molecule is COc1cccc(Oc2ccc(C(F)(F)F)cc2NC(=O)C2CCN(c3ccc(C#N)cn3)CC2)c1. The van der Waals surface area contributed by atoms with E-state index in [0.717, 1.165) is 12.1 Å². The van der Waals surface area contributed by atoms with Crippen LogP contribution in [0.3, 0.4) is 0 Å². The first-order chi connectivity index (χ1) is 17.3. The van der Waals surface area contributed by atoms with Crippen LogP contribution in [0.15, 0.2) is 60.8 Å². The molecule has 186 valence electrons. The Morgan fingerprint density at radius 2 is 1.86 bits per heavy atom. The molecule has 0 saturated carbocycles. The van der Waals surface area contributed by atoms with Gasteiger partial charge in [0.05, 0.1) is 23.9 Å². The number of aromatic nitrogens is 1. The molecule has 1 N–H and O–H groups in total. The highest BCUT2D eigenvalue weighted by Gasteiger charge is 2.32.